The first-order valence-corrected chi connectivity index (χ1v) is 21.2. The van der Waals surface area contributed by atoms with Gasteiger partial charge in [-0.1, -0.05) is 68.3 Å². The molecule has 2 N–H and O–H groups in total. The van der Waals surface area contributed by atoms with Gasteiger partial charge in [0.15, 0.2) is 5.72 Å². The number of anilines is 1. The SMILES string of the molecule is COc1cc2cc(c1Cl)N(C)C(=O)C[C@H](OC(=O)C(C)N(C)C(=O)CCCn1cc(CCC(C)(C)C)nn1)[C@]1(C)O[C@H]1[C@H](C)[C@@H]1C[C@@](O)(NC(=O)O1)[C@H](OC)/C=C/C=C(\C)C2. The molecule has 2 saturated heterocycles. The number of benzene rings is 1. The summed E-state index contributed by atoms with van der Waals surface area (Å²) in [5.41, 5.74) is 0.113. The first-order chi connectivity index (χ1) is 28.6. The number of aromatic nitrogens is 3. The second kappa shape index (κ2) is 19.3. The number of esters is 1. The van der Waals surface area contributed by atoms with Crippen LogP contribution in [-0.4, -0.2) is 119 Å². The minimum atomic E-state index is -1.84. The molecule has 0 radical (unpaired) electrons. The number of amides is 3. The number of aryl methyl sites for hydroxylation is 2. The minimum Gasteiger partial charge on any atom is -0.495 e. The van der Waals surface area contributed by atoms with Gasteiger partial charge >= 0.3 is 12.1 Å². The van der Waals surface area contributed by atoms with E-state index in [2.05, 4.69) is 36.4 Å². The topological polar surface area (TPSA) is 187 Å². The summed E-state index contributed by atoms with van der Waals surface area (Å²) < 4.78 is 31.1. The Bertz CT molecular complexity index is 2000. The highest BCUT2D eigenvalue weighted by Gasteiger charge is 2.64. The molecule has 0 spiro atoms. The summed E-state index contributed by atoms with van der Waals surface area (Å²) in [7, 11) is 6.04. The van der Waals surface area contributed by atoms with E-state index in [1.54, 1.807) is 56.8 Å². The van der Waals surface area contributed by atoms with Gasteiger partial charge in [0.05, 0.1) is 31.0 Å². The fourth-order valence-electron chi connectivity index (χ4n) is 7.85. The van der Waals surface area contributed by atoms with E-state index in [-0.39, 0.29) is 35.6 Å². The Hall–Kier alpha value is -4.51. The highest BCUT2D eigenvalue weighted by molar-refractivity contribution is 6.35. The summed E-state index contributed by atoms with van der Waals surface area (Å²) in [6, 6.07) is 2.57. The molecule has 17 heteroatoms. The third-order valence-corrected chi connectivity index (χ3v) is 12.4. The Kier molecular flexibility index (Phi) is 15.0. The Morgan fingerprint density at radius 2 is 1.93 bits per heavy atom. The molecule has 5 rings (SSSR count). The van der Waals surface area contributed by atoms with Crippen LogP contribution in [0.1, 0.15) is 91.8 Å². The number of alkyl carbamates (subject to hydrolysis) is 1. The van der Waals surface area contributed by atoms with Crippen LogP contribution in [0.4, 0.5) is 10.5 Å². The lowest BCUT2D eigenvalue weighted by Crippen LogP contribution is -2.63. The average Bonchev–Trinajstić information content (AvgIpc) is 3.68. The third kappa shape index (κ3) is 11.5. The van der Waals surface area contributed by atoms with Crippen LogP contribution in [-0.2, 0) is 52.7 Å². The Balaban J connectivity index is 1.38. The molecule has 0 aliphatic carbocycles. The number of carbonyl (C=O) groups excluding carboxylic acids is 4. The van der Waals surface area contributed by atoms with Gasteiger partial charge in [-0.25, -0.2) is 9.59 Å². The number of carbonyl (C=O) groups is 4. The fourth-order valence-corrected chi connectivity index (χ4v) is 8.17. The van der Waals surface area contributed by atoms with Gasteiger partial charge in [-0.2, -0.15) is 0 Å². The quantitative estimate of drug-likeness (QED) is 0.212. The summed E-state index contributed by atoms with van der Waals surface area (Å²) in [6.45, 7) is 14.0. The van der Waals surface area contributed by atoms with Crippen LogP contribution in [0.25, 0.3) is 0 Å². The monoisotopic (exact) mass is 870 g/mol. The molecular weight excluding hydrogens is 808 g/mol. The smallest absolute Gasteiger partial charge is 0.409 e. The third-order valence-electron chi connectivity index (χ3n) is 12.0. The molecule has 3 aliphatic heterocycles. The van der Waals surface area contributed by atoms with Crippen molar-refractivity contribution in [1.29, 1.82) is 0 Å². The molecule has 2 aromatic rings. The molecule has 0 saturated carbocycles. The van der Waals surface area contributed by atoms with E-state index in [1.807, 2.05) is 19.2 Å². The summed E-state index contributed by atoms with van der Waals surface area (Å²) in [5.74, 6) is -1.62. The number of rotatable bonds is 11. The maximum absolute atomic E-state index is 14.3. The van der Waals surface area contributed by atoms with Crippen LogP contribution in [0.15, 0.2) is 42.1 Å². The van der Waals surface area contributed by atoms with Gasteiger partial charge in [-0.05, 0) is 69.6 Å². The number of fused-ring (bicyclic) bond motifs is 5. The lowest BCUT2D eigenvalue weighted by molar-refractivity contribution is -0.162. The van der Waals surface area contributed by atoms with Crippen LogP contribution in [0.2, 0.25) is 5.02 Å². The van der Waals surface area contributed by atoms with Gasteiger partial charge < -0.3 is 38.6 Å². The predicted octanol–water partition coefficient (Wildman–Crippen LogP) is 5.57. The molecule has 4 bridgehead atoms. The van der Waals surface area contributed by atoms with Crippen molar-refractivity contribution in [3.05, 3.63) is 58.4 Å². The Morgan fingerprint density at radius 1 is 1.21 bits per heavy atom. The first-order valence-electron chi connectivity index (χ1n) is 20.8. The Morgan fingerprint density at radius 3 is 2.61 bits per heavy atom. The number of methoxy groups -OCH3 is 2. The fraction of sp³-hybridized carbons (Fsp3) is 0.636. The van der Waals surface area contributed by atoms with E-state index >= 15 is 0 Å². The number of nitrogens with zero attached hydrogens (tertiary/aromatic N) is 5. The first kappa shape index (κ1) is 47.5. The standard InChI is InChI=1S/C44H63ClN6O10/c1-26-14-12-15-34(58-11)44(56)24-33(59-41(55)46-44)27(2)39-43(7,61-39)35(23-37(53)50(9)31-21-29(20-26)22-32(57-10)38(31)45)60-40(54)28(3)49(8)36(52)16-13-19-51-25-30(47-48-51)17-18-42(4,5)6/h12,14-15,21-22,25,27-28,33-35,39,56H,13,16-20,23-24H2,1-11H3,(H,46,55)/b15-12+,26-14+/t27-,28?,33+,34-,35+,39+,43+,44+/m1/s1. The maximum atomic E-state index is 14.3. The van der Waals surface area contributed by atoms with Crippen LogP contribution < -0.4 is 15.0 Å². The van der Waals surface area contributed by atoms with Gasteiger partial charge in [0.25, 0.3) is 0 Å². The van der Waals surface area contributed by atoms with Crippen LogP contribution >= 0.6 is 11.6 Å². The van der Waals surface area contributed by atoms with Gasteiger partial charge in [-0.3, -0.25) is 19.6 Å². The Labute approximate surface area is 363 Å². The van der Waals surface area contributed by atoms with Crippen LogP contribution in [0.3, 0.4) is 0 Å². The molecule has 1 unspecified atom stereocenters. The van der Waals surface area contributed by atoms with E-state index in [1.165, 1.54) is 31.1 Å². The van der Waals surface area contributed by atoms with Crippen molar-refractivity contribution < 1.29 is 48.0 Å². The second-order valence-electron chi connectivity index (χ2n) is 18.0. The average molecular weight is 871 g/mol. The van der Waals surface area contributed by atoms with E-state index in [0.717, 1.165) is 29.7 Å². The molecule has 2 fully saturated rings. The normalized spacial score (nSPS) is 29.0. The molecular formula is C44H63ClN6O10. The highest BCUT2D eigenvalue weighted by Crippen LogP contribution is 2.49. The van der Waals surface area contributed by atoms with Crippen molar-refractivity contribution >= 4 is 41.2 Å². The molecule has 1 aromatic carbocycles. The maximum Gasteiger partial charge on any atom is 0.409 e. The summed E-state index contributed by atoms with van der Waals surface area (Å²) in [6.07, 6.45) is 5.16. The van der Waals surface area contributed by atoms with Crippen LogP contribution in [0, 0.1) is 11.3 Å². The zero-order chi connectivity index (χ0) is 45.0. The van der Waals surface area contributed by atoms with Gasteiger partial charge in [0.1, 0.15) is 40.7 Å². The second-order valence-corrected chi connectivity index (χ2v) is 18.4. The molecule has 3 amide bonds. The minimum absolute atomic E-state index is 0.0587. The van der Waals surface area contributed by atoms with Crippen molar-refractivity contribution in [2.75, 3.05) is 33.2 Å². The number of aliphatic hydroxyl groups is 1. The van der Waals surface area contributed by atoms with Crippen molar-refractivity contribution in [2.45, 2.75) is 142 Å². The summed E-state index contributed by atoms with van der Waals surface area (Å²) in [4.78, 5) is 57.3. The van der Waals surface area contributed by atoms with E-state index in [9.17, 15) is 24.3 Å². The number of likely N-dealkylation sites (N-methyl/N-ethyl adjacent to an activating group) is 1. The number of hydrogen-bond acceptors (Lipinski definition) is 12. The van der Waals surface area contributed by atoms with E-state index < -0.39 is 65.7 Å². The molecule has 16 nitrogen and oxygen atoms in total. The van der Waals surface area contributed by atoms with Crippen molar-refractivity contribution in [2.24, 2.45) is 11.3 Å². The summed E-state index contributed by atoms with van der Waals surface area (Å²) in [5, 5.41) is 23.0. The molecule has 4 heterocycles. The van der Waals surface area contributed by atoms with Gasteiger partial charge in [0, 0.05) is 52.7 Å². The zero-order valence-electron chi connectivity index (χ0n) is 37.3. The number of nitrogens with one attached hydrogen (secondary N) is 1. The highest BCUT2D eigenvalue weighted by atomic mass is 35.5. The molecule has 336 valence electrons. The largest absolute Gasteiger partial charge is 0.495 e. The van der Waals surface area contributed by atoms with Gasteiger partial charge in [0.2, 0.25) is 11.8 Å². The van der Waals surface area contributed by atoms with Crippen molar-refractivity contribution in [1.82, 2.24) is 25.2 Å². The predicted molar refractivity (Wildman–Crippen MR) is 228 cm³/mol. The lowest BCUT2D eigenvalue weighted by Gasteiger charge is -2.42. The number of halogens is 1. The number of hydrogen-bond donors (Lipinski definition) is 2. The summed E-state index contributed by atoms with van der Waals surface area (Å²) >= 11 is 6.80. The number of epoxide rings is 1. The number of ether oxygens (including phenoxy) is 5. The molecule has 1 aromatic heterocycles. The molecule has 3 aliphatic rings. The van der Waals surface area contributed by atoms with Crippen molar-refractivity contribution in [3.8, 4) is 5.75 Å². The van der Waals surface area contributed by atoms with Gasteiger partial charge in [-0.15, -0.1) is 5.10 Å². The van der Waals surface area contributed by atoms with Crippen LogP contribution in [0.5, 0.6) is 5.75 Å². The number of allylic oxidation sites excluding steroid dienone is 3. The lowest BCUT2D eigenvalue weighted by atomic mass is 9.83. The molecule has 61 heavy (non-hydrogen) atoms. The van der Waals surface area contributed by atoms with Crippen molar-refractivity contribution in [3.63, 3.8) is 0 Å². The van der Waals surface area contributed by atoms with E-state index in [4.69, 9.17) is 35.3 Å². The zero-order valence-corrected chi connectivity index (χ0v) is 38.1. The molecule has 8 atom stereocenters. The van der Waals surface area contributed by atoms with E-state index in [0.29, 0.717) is 30.8 Å².